The molecule has 0 radical (unpaired) electrons. The number of halogens is 1. The molecule has 0 aromatic heterocycles. The largest absolute Gasteiger partial charge is 0.493 e. The van der Waals surface area contributed by atoms with Gasteiger partial charge in [0.25, 0.3) is 0 Å². The van der Waals surface area contributed by atoms with E-state index >= 15 is 0 Å². The maximum absolute atomic E-state index is 6.00. The van der Waals surface area contributed by atoms with Gasteiger partial charge in [-0.05, 0) is 59.8 Å². The molecule has 3 nitrogen and oxygen atoms in total. The first-order chi connectivity index (χ1) is 9.01. The first-order valence-electron chi connectivity index (χ1n) is 6.80. The predicted molar refractivity (Wildman–Crippen MR) is 83.0 cm³/mol. The van der Waals surface area contributed by atoms with Gasteiger partial charge in [-0.25, -0.2) is 0 Å². The lowest BCUT2D eigenvalue weighted by Crippen LogP contribution is -2.21. The Kier molecular flexibility index (Phi) is 6.66. The van der Waals surface area contributed by atoms with Crippen LogP contribution in [0.5, 0.6) is 11.5 Å². The van der Waals surface area contributed by atoms with Gasteiger partial charge in [0, 0.05) is 6.04 Å². The summed E-state index contributed by atoms with van der Waals surface area (Å²) in [6, 6.07) is 4.26. The molecule has 0 saturated carbocycles. The van der Waals surface area contributed by atoms with Crippen LogP contribution in [0.15, 0.2) is 16.6 Å². The van der Waals surface area contributed by atoms with Crippen LogP contribution in [0, 0.1) is 0 Å². The summed E-state index contributed by atoms with van der Waals surface area (Å²) in [5, 5.41) is 0. The molecule has 4 heteroatoms. The second-order valence-electron chi connectivity index (χ2n) is 4.82. The lowest BCUT2D eigenvalue weighted by molar-refractivity contribution is 0.206. The molecule has 2 N–H and O–H groups in total. The van der Waals surface area contributed by atoms with Crippen LogP contribution in [0.3, 0.4) is 0 Å². The predicted octanol–water partition coefficient (Wildman–Crippen LogP) is 3.91. The minimum absolute atomic E-state index is 0.161. The zero-order valence-corrected chi connectivity index (χ0v) is 13.8. The topological polar surface area (TPSA) is 44.5 Å². The molecule has 2 unspecified atom stereocenters. The third kappa shape index (κ3) is 4.69. The summed E-state index contributed by atoms with van der Waals surface area (Å²) in [4.78, 5) is 0. The van der Waals surface area contributed by atoms with E-state index in [2.05, 4.69) is 35.8 Å². The summed E-state index contributed by atoms with van der Waals surface area (Å²) >= 11 is 3.56. The molecule has 1 aromatic carbocycles. The van der Waals surface area contributed by atoms with Crippen molar-refractivity contribution < 1.29 is 9.47 Å². The van der Waals surface area contributed by atoms with Crippen molar-refractivity contribution in [3.8, 4) is 11.5 Å². The maximum Gasteiger partial charge on any atom is 0.175 e. The number of benzene rings is 1. The molecule has 0 fully saturated rings. The Morgan fingerprint density at radius 2 is 1.95 bits per heavy atom. The van der Waals surface area contributed by atoms with E-state index < -0.39 is 0 Å². The van der Waals surface area contributed by atoms with E-state index in [1.807, 2.05) is 13.0 Å². The third-order valence-electron chi connectivity index (χ3n) is 3.21. The van der Waals surface area contributed by atoms with Gasteiger partial charge < -0.3 is 15.2 Å². The second kappa shape index (κ2) is 7.75. The highest BCUT2D eigenvalue weighted by atomic mass is 79.9. The van der Waals surface area contributed by atoms with Gasteiger partial charge in [0.15, 0.2) is 11.5 Å². The highest BCUT2D eigenvalue weighted by molar-refractivity contribution is 9.10. The quantitative estimate of drug-likeness (QED) is 0.824. The highest BCUT2D eigenvalue weighted by Gasteiger charge is 2.15. The van der Waals surface area contributed by atoms with Crippen molar-refractivity contribution in [2.75, 3.05) is 7.11 Å². The fraction of sp³-hybridized carbons (Fsp3) is 0.600. The van der Waals surface area contributed by atoms with E-state index in [1.54, 1.807) is 7.11 Å². The van der Waals surface area contributed by atoms with E-state index in [4.69, 9.17) is 15.2 Å². The Balaban J connectivity index is 3.00. The van der Waals surface area contributed by atoms with Gasteiger partial charge in [0.05, 0.1) is 17.7 Å². The molecule has 0 saturated heterocycles. The minimum Gasteiger partial charge on any atom is -0.493 e. The van der Waals surface area contributed by atoms with Crippen LogP contribution in [-0.4, -0.2) is 19.3 Å². The molecule has 0 aliphatic rings. The van der Waals surface area contributed by atoms with E-state index in [9.17, 15) is 0 Å². The van der Waals surface area contributed by atoms with Crippen LogP contribution in [0.2, 0.25) is 0 Å². The van der Waals surface area contributed by atoms with Crippen LogP contribution in [-0.2, 0) is 6.42 Å². The van der Waals surface area contributed by atoms with Crippen molar-refractivity contribution in [2.24, 2.45) is 5.73 Å². The fourth-order valence-electron chi connectivity index (χ4n) is 1.74. The van der Waals surface area contributed by atoms with E-state index in [-0.39, 0.29) is 12.1 Å². The number of hydrogen-bond donors (Lipinski definition) is 1. The maximum atomic E-state index is 6.00. The van der Waals surface area contributed by atoms with Crippen LogP contribution in [0.4, 0.5) is 0 Å². The summed E-state index contributed by atoms with van der Waals surface area (Å²) in [5.74, 6) is 1.53. The monoisotopic (exact) mass is 329 g/mol. The molecule has 2 atom stereocenters. The first kappa shape index (κ1) is 16.3. The molecule has 1 rings (SSSR count). The van der Waals surface area contributed by atoms with Crippen LogP contribution >= 0.6 is 15.9 Å². The Hall–Kier alpha value is -0.740. The standard InChI is InChI=1S/C15H24BrNO2/c1-5-10(3)19-15-13(16)8-11(7-12(17)6-2)9-14(15)18-4/h8-10,12H,5-7,17H2,1-4H3. The summed E-state index contributed by atoms with van der Waals surface area (Å²) in [6.07, 6.45) is 2.92. The summed E-state index contributed by atoms with van der Waals surface area (Å²) in [7, 11) is 1.66. The molecular formula is C15H24BrNO2. The normalized spacial score (nSPS) is 14.0. The average molecular weight is 330 g/mol. The molecule has 19 heavy (non-hydrogen) atoms. The molecular weight excluding hydrogens is 306 g/mol. The summed E-state index contributed by atoms with van der Waals surface area (Å²) in [6.45, 7) is 6.24. The zero-order chi connectivity index (χ0) is 14.4. The molecule has 108 valence electrons. The summed E-state index contributed by atoms with van der Waals surface area (Å²) in [5.41, 5.74) is 7.16. The van der Waals surface area contributed by atoms with E-state index in [0.717, 1.165) is 40.8 Å². The SMILES string of the molecule is CCC(N)Cc1cc(Br)c(OC(C)CC)c(OC)c1. The average Bonchev–Trinajstić information content (AvgIpc) is 2.40. The first-order valence-corrected chi connectivity index (χ1v) is 7.59. The zero-order valence-electron chi connectivity index (χ0n) is 12.2. The van der Waals surface area contributed by atoms with Gasteiger partial charge in [0.2, 0.25) is 0 Å². The smallest absolute Gasteiger partial charge is 0.175 e. The molecule has 0 aliphatic carbocycles. The number of rotatable bonds is 7. The lowest BCUT2D eigenvalue weighted by atomic mass is 10.0. The van der Waals surface area contributed by atoms with Crippen molar-refractivity contribution in [3.63, 3.8) is 0 Å². The second-order valence-corrected chi connectivity index (χ2v) is 5.67. The molecule has 0 bridgehead atoms. The van der Waals surface area contributed by atoms with Crippen LogP contribution in [0.25, 0.3) is 0 Å². The van der Waals surface area contributed by atoms with Crippen molar-refractivity contribution >= 4 is 15.9 Å². The van der Waals surface area contributed by atoms with Gasteiger partial charge in [-0.1, -0.05) is 13.8 Å². The summed E-state index contributed by atoms with van der Waals surface area (Å²) < 4.78 is 12.3. The Bertz CT molecular complexity index is 409. The molecule has 0 amide bonds. The van der Waals surface area contributed by atoms with E-state index in [0.29, 0.717) is 0 Å². The molecule has 1 aromatic rings. The number of hydrogen-bond acceptors (Lipinski definition) is 3. The van der Waals surface area contributed by atoms with Crippen LogP contribution < -0.4 is 15.2 Å². The molecule has 0 spiro atoms. The minimum atomic E-state index is 0.161. The fourth-order valence-corrected chi connectivity index (χ4v) is 2.32. The van der Waals surface area contributed by atoms with Crippen LogP contribution in [0.1, 0.15) is 39.2 Å². The van der Waals surface area contributed by atoms with Gasteiger partial charge in [-0.3, -0.25) is 0 Å². The van der Waals surface area contributed by atoms with Gasteiger partial charge in [0.1, 0.15) is 0 Å². The third-order valence-corrected chi connectivity index (χ3v) is 3.79. The number of methoxy groups -OCH3 is 1. The van der Waals surface area contributed by atoms with Gasteiger partial charge in [-0.2, -0.15) is 0 Å². The Morgan fingerprint density at radius 1 is 1.26 bits per heavy atom. The van der Waals surface area contributed by atoms with Crippen molar-refractivity contribution in [2.45, 2.75) is 52.2 Å². The van der Waals surface area contributed by atoms with E-state index in [1.165, 1.54) is 0 Å². The molecule has 0 heterocycles. The highest BCUT2D eigenvalue weighted by Crippen LogP contribution is 2.37. The molecule has 0 aliphatic heterocycles. The number of nitrogens with two attached hydrogens (primary N) is 1. The van der Waals surface area contributed by atoms with Gasteiger partial charge >= 0.3 is 0 Å². The van der Waals surface area contributed by atoms with Crippen molar-refractivity contribution in [3.05, 3.63) is 22.2 Å². The Morgan fingerprint density at radius 3 is 2.47 bits per heavy atom. The van der Waals surface area contributed by atoms with Crippen molar-refractivity contribution in [1.29, 1.82) is 0 Å². The Labute approximate surface area is 124 Å². The number of ether oxygens (including phenoxy) is 2. The lowest BCUT2D eigenvalue weighted by Gasteiger charge is -2.18. The van der Waals surface area contributed by atoms with Crippen molar-refractivity contribution in [1.82, 2.24) is 0 Å². The van der Waals surface area contributed by atoms with Gasteiger partial charge in [-0.15, -0.1) is 0 Å².